The van der Waals surface area contributed by atoms with Gasteiger partial charge in [0, 0.05) is 18.7 Å². The zero-order chi connectivity index (χ0) is 14.4. The first kappa shape index (κ1) is 14.3. The Hall–Kier alpha value is -2.13. The van der Waals surface area contributed by atoms with Crippen molar-refractivity contribution >= 4 is 5.91 Å². The fourth-order valence-corrected chi connectivity index (χ4v) is 2.09. The van der Waals surface area contributed by atoms with Gasteiger partial charge in [-0.1, -0.05) is 42.5 Å². The molecule has 2 aromatic rings. The Bertz CT molecular complexity index is 564. The van der Waals surface area contributed by atoms with Crippen molar-refractivity contribution in [3.05, 3.63) is 71.3 Å². The molecule has 0 atom stereocenters. The maximum atomic E-state index is 12.0. The number of carbonyl (C=O) groups is 1. The Morgan fingerprint density at radius 2 is 1.55 bits per heavy atom. The van der Waals surface area contributed by atoms with Gasteiger partial charge in [0.05, 0.1) is 0 Å². The molecule has 0 fully saturated rings. The first-order valence-electron chi connectivity index (χ1n) is 6.71. The van der Waals surface area contributed by atoms with Gasteiger partial charge in [0.2, 0.25) is 0 Å². The second kappa shape index (κ2) is 6.87. The fourth-order valence-electron chi connectivity index (χ4n) is 2.09. The lowest BCUT2D eigenvalue weighted by molar-refractivity contribution is 0.0951. The van der Waals surface area contributed by atoms with Gasteiger partial charge in [-0.15, -0.1) is 0 Å². The van der Waals surface area contributed by atoms with E-state index in [4.69, 9.17) is 0 Å². The van der Waals surface area contributed by atoms with E-state index in [0.29, 0.717) is 12.1 Å². The Morgan fingerprint density at radius 1 is 0.950 bits per heavy atom. The van der Waals surface area contributed by atoms with Crippen molar-refractivity contribution in [3.63, 3.8) is 0 Å². The maximum absolute atomic E-state index is 12.0. The number of carbonyl (C=O) groups excluding carboxylic acids is 1. The Morgan fingerprint density at radius 3 is 2.20 bits per heavy atom. The number of nitrogens with one attached hydrogen (secondary N) is 1. The molecule has 0 saturated heterocycles. The van der Waals surface area contributed by atoms with E-state index in [0.717, 1.165) is 12.1 Å². The molecule has 20 heavy (non-hydrogen) atoms. The SMILES string of the molecule is CN(C)Cc1ccccc1CNC(=O)c1ccccc1. The molecule has 104 valence electrons. The standard InChI is InChI=1S/C17H20N2O/c1-19(2)13-16-11-7-6-10-15(16)12-18-17(20)14-8-4-3-5-9-14/h3-11H,12-13H2,1-2H3,(H,18,20). The summed E-state index contributed by atoms with van der Waals surface area (Å²) in [5, 5.41) is 2.97. The first-order valence-corrected chi connectivity index (χ1v) is 6.71. The van der Waals surface area contributed by atoms with Gasteiger partial charge >= 0.3 is 0 Å². The second-order valence-corrected chi connectivity index (χ2v) is 5.06. The normalized spacial score (nSPS) is 10.6. The third-order valence-corrected chi connectivity index (χ3v) is 3.08. The molecule has 3 heteroatoms. The number of hydrogen-bond acceptors (Lipinski definition) is 2. The second-order valence-electron chi connectivity index (χ2n) is 5.06. The maximum Gasteiger partial charge on any atom is 0.251 e. The number of hydrogen-bond donors (Lipinski definition) is 1. The summed E-state index contributed by atoms with van der Waals surface area (Å²) in [6.45, 7) is 1.43. The van der Waals surface area contributed by atoms with Gasteiger partial charge in [-0.3, -0.25) is 4.79 Å². The highest BCUT2D eigenvalue weighted by Crippen LogP contribution is 2.10. The van der Waals surface area contributed by atoms with E-state index < -0.39 is 0 Å². The molecule has 0 heterocycles. The number of rotatable bonds is 5. The molecule has 0 unspecified atom stereocenters. The summed E-state index contributed by atoms with van der Waals surface area (Å²) < 4.78 is 0. The van der Waals surface area contributed by atoms with Crippen molar-refractivity contribution in [2.45, 2.75) is 13.1 Å². The summed E-state index contributed by atoms with van der Waals surface area (Å²) in [6, 6.07) is 17.5. The van der Waals surface area contributed by atoms with Crippen molar-refractivity contribution in [3.8, 4) is 0 Å². The summed E-state index contributed by atoms with van der Waals surface area (Å²) in [5.74, 6) is -0.0368. The van der Waals surface area contributed by atoms with Crippen LogP contribution in [0, 0.1) is 0 Å². The zero-order valence-corrected chi connectivity index (χ0v) is 12.0. The molecule has 0 spiro atoms. The van der Waals surface area contributed by atoms with E-state index in [2.05, 4.69) is 22.3 Å². The number of amides is 1. The third-order valence-electron chi connectivity index (χ3n) is 3.08. The summed E-state index contributed by atoms with van der Waals surface area (Å²) in [6.07, 6.45) is 0. The van der Waals surface area contributed by atoms with Gasteiger partial charge in [-0.2, -0.15) is 0 Å². The lowest BCUT2D eigenvalue weighted by Crippen LogP contribution is -2.24. The highest BCUT2D eigenvalue weighted by Gasteiger charge is 2.07. The molecule has 0 aliphatic heterocycles. The van der Waals surface area contributed by atoms with E-state index in [1.165, 1.54) is 5.56 Å². The van der Waals surface area contributed by atoms with Crippen LogP contribution in [0.1, 0.15) is 21.5 Å². The summed E-state index contributed by atoms with van der Waals surface area (Å²) in [7, 11) is 4.08. The molecule has 1 N–H and O–H groups in total. The molecule has 2 aromatic carbocycles. The number of nitrogens with zero attached hydrogens (tertiary/aromatic N) is 1. The van der Waals surface area contributed by atoms with Crippen LogP contribution in [0.25, 0.3) is 0 Å². The molecule has 0 radical (unpaired) electrons. The van der Waals surface area contributed by atoms with Crippen LogP contribution in [-0.4, -0.2) is 24.9 Å². The monoisotopic (exact) mass is 268 g/mol. The van der Waals surface area contributed by atoms with E-state index in [-0.39, 0.29) is 5.91 Å². The van der Waals surface area contributed by atoms with Crippen LogP contribution < -0.4 is 5.32 Å². The minimum atomic E-state index is -0.0368. The summed E-state index contributed by atoms with van der Waals surface area (Å²) >= 11 is 0. The number of benzene rings is 2. The molecule has 0 aromatic heterocycles. The van der Waals surface area contributed by atoms with Gasteiger partial charge in [0.25, 0.3) is 5.91 Å². The molecule has 2 rings (SSSR count). The van der Waals surface area contributed by atoms with Gasteiger partial charge in [-0.05, 0) is 37.4 Å². The Kier molecular flexibility index (Phi) is 4.91. The van der Waals surface area contributed by atoms with Crippen molar-refractivity contribution < 1.29 is 4.79 Å². The smallest absolute Gasteiger partial charge is 0.251 e. The molecule has 0 bridgehead atoms. The molecule has 0 aliphatic rings. The average molecular weight is 268 g/mol. The van der Waals surface area contributed by atoms with Crippen LogP contribution in [-0.2, 0) is 13.1 Å². The van der Waals surface area contributed by atoms with Gasteiger partial charge in [-0.25, -0.2) is 0 Å². The summed E-state index contributed by atoms with van der Waals surface area (Å²) in [5.41, 5.74) is 3.09. The Balaban J connectivity index is 2.02. The highest BCUT2D eigenvalue weighted by molar-refractivity contribution is 5.94. The van der Waals surface area contributed by atoms with E-state index in [1.54, 1.807) is 0 Å². The predicted octanol–water partition coefficient (Wildman–Crippen LogP) is 2.68. The first-order chi connectivity index (χ1) is 9.66. The van der Waals surface area contributed by atoms with E-state index >= 15 is 0 Å². The van der Waals surface area contributed by atoms with Gasteiger partial charge in [0.1, 0.15) is 0 Å². The topological polar surface area (TPSA) is 32.3 Å². The van der Waals surface area contributed by atoms with Crippen LogP contribution in [0.3, 0.4) is 0 Å². The van der Waals surface area contributed by atoms with Crippen LogP contribution in [0.5, 0.6) is 0 Å². The lowest BCUT2D eigenvalue weighted by atomic mass is 10.1. The molecule has 1 amide bonds. The van der Waals surface area contributed by atoms with Crippen molar-refractivity contribution in [2.75, 3.05) is 14.1 Å². The molecule has 0 saturated carbocycles. The van der Waals surface area contributed by atoms with Crippen molar-refractivity contribution in [2.24, 2.45) is 0 Å². The minimum Gasteiger partial charge on any atom is -0.348 e. The average Bonchev–Trinajstić information content (AvgIpc) is 2.46. The molecular weight excluding hydrogens is 248 g/mol. The van der Waals surface area contributed by atoms with Crippen LogP contribution in [0.2, 0.25) is 0 Å². The van der Waals surface area contributed by atoms with Gasteiger partial charge in [0.15, 0.2) is 0 Å². The molecule has 0 aliphatic carbocycles. The largest absolute Gasteiger partial charge is 0.348 e. The van der Waals surface area contributed by atoms with Gasteiger partial charge < -0.3 is 10.2 Å². The van der Waals surface area contributed by atoms with E-state index in [9.17, 15) is 4.79 Å². The zero-order valence-electron chi connectivity index (χ0n) is 12.0. The Labute approximate surface area is 120 Å². The highest BCUT2D eigenvalue weighted by atomic mass is 16.1. The quantitative estimate of drug-likeness (QED) is 0.904. The minimum absolute atomic E-state index is 0.0368. The lowest BCUT2D eigenvalue weighted by Gasteiger charge is -2.14. The third kappa shape index (κ3) is 3.93. The fraction of sp³-hybridized carbons (Fsp3) is 0.235. The van der Waals surface area contributed by atoms with Crippen LogP contribution in [0.15, 0.2) is 54.6 Å². The van der Waals surface area contributed by atoms with Crippen molar-refractivity contribution in [1.82, 2.24) is 10.2 Å². The summed E-state index contributed by atoms with van der Waals surface area (Å²) in [4.78, 5) is 14.2. The van der Waals surface area contributed by atoms with Crippen molar-refractivity contribution in [1.29, 1.82) is 0 Å². The van der Waals surface area contributed by atoms with Crippen LogP contribution in [0.4, 0.5) is 0 Å². The molecular formula is C17H20N2O. The molecule has 3 nitrogen and oxygen atoms in total. The van der Waals surface area contributed by atoms with E-state index in [1.807, 2.05) is 56.6 Å². The predicted molar refractivity (Wildman–Crippen MR) is 81.4 cm³/mol. The van der Waals surface area contributed by atoms with Crippen LogP contribution >= 0.6 is 0 Å².